The van der Waals surface area contributed by atoms with E-state index >= 15 is 0 Å². The summed E-state index contributed by atoms with van der Waals surface area (Å²) in [5.41, 5.74) is 0.954. The summed E-state index contributed by atoms with van der Waals surface area (Å²) in [5, 5.41) is 5.58. The van der Waals surface area contributed by atoms with Crippen molar-refractivity contribution in [2.75, 3.05) is 27.8 Å². The van der Waals surface area contributed by atoms with Crippen molar-refractivity contribution >= 4 is 5.91 Å². The number of methoxy groups -OCH3 is 2. The van der Waals surface area contributed by atoms with Gasteiger partial charge >= 0.3 is 0 Å². The van der Waals surface area contributed by atoms with Crippen LogP contribution in [0.2, 0.25) is 0 Å². The standard InChI is InChI=1S/C12H18N2O3/c1-13-12(15)8-14-7-9-6-10(16-2)4-5-11(9)17-3/h4-6,14H,7-8H2,1-3H3,(H,13,15). The van der Waals surface area contributed by atoms with E-state index in [1.807, 2.05) is 18.2 Å². The molecular weight excluding hydrogens is 220 g/mol. The fraction of sp³-hybridized carbons (Fsp3) is 0.417. The zero-order chi connectivity index (χ0) is 12.7. The van der Waals surface area contributed by atoms with Crippen LogP contribution in [0.5, 0.6) is 11.5 Å². The normalized spacial score (nSPS) is 9.82. The van der Waals surface area contributed by atoms with Crippen molar-refractivity contribution in [1.82, 2.24) is 10.6 Å². The minimum Gasteiger partial charge on any atom is -0.497 e. The number of carbonyl (C=O) groups is 1. The minimum absolute atomic E-state index is 0.0492. The molecule has 1 aromatic rings. The van der Waals surface area contributed by atoms with E-state index in [4.69, 9.17) is 9.47 Å². The molecule has 0 aliphatic heterocycles. The van der Waals surface area contributed by atoms with E-state index in [2.05, 4.69) is 10.6 Å². The molecular formula is C12H18N2O3. The fourth-order valence-corrected chi connectivity index (χ4v) is 1.42. The number of benzene rings is 1. The highest BCUT2D eigenvalue weighted by molar-refractivity contribution is 5.77. The molecule has 1 amide bonds. The highest BCUT2D eigenvalue weighted by Crippen LogP contribution is 2.23. The lowest BCUT2D eigenvalue weighted by atomic mass is 10.2. The molecule has 5 heteroatoms. The van der Waals surface area contributed by atoms with Crippen LogP contribution in [0.15, 0.2) is 18.2 Å². The van der Waals surface area contributed by atoms with Crippen molar-refractivity contribution < 1.29 is 14.3 Å². The third-order valence-corrected chi connectivity index (χ3v) is 2.37. The molecule has 0 unspecified atom stereocenters. The van der Waals surface area contributed by atoms with Gasteiger partial charge in [-0.3, -0.25) is 4.79 Å². The SMILES string of the molecule is CNC(=O)CNCc1cc(OC)ccc1OC. The van der Waals surface area contributed by atoms with Crippen LogP contribution in [-0.4, -0.2) is 33.7 Å². The number of rotatable bonds is 6. The number of hydrogen-bond acceptors (Lipinski definition) is 4. The summed E-state index contributed by atoms with van der Waals surface area (Å²) in [6.45, 7) is 0.824. The lowest BCUT2D eigenvalue weighted by Crippen LogP contribution is -2.31. The van der Waals surface area contributed by atoms with Gasteiger partial charge in [0, 0.05) is 19.2 Å². The van der Waals surface area contributed by atoms with Crippen LogP contribution >= 0.6 is 0 Å². The van der Waals surface area contributed by atoms with Gasteiger partial charge in [-0.15, -0.1) is 0 Å². The lowest BCUT2D eigenvalue weighted by molar-refractivity contribution is -0.119. The van der Waals surface area contributed by atoms with Gasteiger partial charge in [-0.2, -0.15) is 0 Å². The van der Waals surface area contributed by atoms with Gasteiger partial charge in [0.05, 0.1) is 20.8 Å². The Bertz CT molecular complexity index is 380. The Morgan fingerprint density at radius 3 is 2.65 bits per heavy atom. The second kappa shape index (κ2) is 6.75. The molecule has 1 rings (SSSR count). The Balaban J connectivity index is 2.64. The monoisotopic (exact) mass is 238 g/mol. The molecule has 0 saturated carbocycles. The predicted molar refractivity (Wildman–Crippen MR) is 65.3 cm³/mol. The number of hydrogen-bond donors (Lipinski definition) is 2. The molecule has 0 aromatic heterocycles. The van der Waals surface area contributed by atoms with Crippen molar-refractivity contribution in [3.8, 4) is 11.5 Å². The summed E-state index contributed by atoms with van der Waals surface area (Å²) < 4.78 is 10.4. The average molecular weight is 238 g/mol. The number of carbonyl (C=O) groups excluding carboxylic acids is 1. The van der Waals surface area contributed by atoms with Gasteiger partial charge in [0.15, 0.2) is 0 Å². The first-order chi connectivity index (χ1) is 8.21. The molecule has 0 fully saturated rings. The number of ether oxygens (including phenoxy) is 2. The summed E-state index contributed by atoms with van der Waals surface area (Å²) in [5.74, 6) is 1.49. The van der Waals surface area contributed by atoms with Gasteiger partial charge in [-0.1, -0.05) is 0 Å². The predicted octanol–water partition coefficient (Wildman–Crippen LogP) is 0.539. The number of likely N-dealkylation sites (N-methyl/N-ethyl adjacent to an activating group) is 1. The van der Waals surface area contributed by atoms with Crippen molar-refractivity contribution in [3.63, 3.8) is 0 Å². The second-order valence-electron chi connectivity index (χ2n) is 3.45. The Labute approximate surface area is 101 Å². The molecule has 2 N–H and O–H groups in total. The maximum atomic E-state index is 11.1. The highest BCUT2D eigenvalue weighted by Gasteiger charge is 2.05. The Hall–Kier alpha value is -1.75. The molecule has 0 heterocycles. The summed E-state index contributed by atoms with van der Waals surface area (Å²) in [6.07, 6.45) is 0. The lowest BCUT2D eigenvalue weighted by Gasteiger charge is -2.11. The van der Waals surface area contributed by atoms with Gasteiger partial charge in [-0.05, 0) is 18.2 Å². The van der Waals surface area contributed by atoms with Gasteiger partial charge in [-0.25, -0.2) is 0 Å². The zero-order valence-corrected chi connectivity index (χ0v) is 10.4. The van der Waals surface area contributed by atoms with E-state index in [-0.39, 0.29) is 12.5 Å². The third-order valence-electron chi connectivity index (χ3n) is 2.37. The smallest absolute Gasteiger partial charge is 0.233 e. The van der Waals surface area contributed by atoms with Gasteiger partial charge in [0.25, 0.3) is 0 Å². The van der Waals surface area contributed by atoms with Crippen LogP contribution in [0.3, 0.4) is 0 Å². The molecule has 0 radical (unpaired) electrons. The Morgan fingerprint density at radius 1 is 1.29 bits per heavy atom. The maximum absolute atomic E-state index is 11.1. The van der Waals surface area contributed by atoms with E-state index in [0.717, 1.165) is 17.1 Å². The molecule has 17 heavy (non-hydrogen) atoms. The molecule has 0 spiro atoms. The quantitative estimate of drug-likeness (QED) is 0.759. The average Bonchev–Trinajstić information content (AvgIpc) is 2.38. The van der Waals surface area contributed by atoms with E-state index in [9.17, 15) is 4.79 Å². The summed E-state index contributed by atoms with van der Waals surface area (Å²) in [7, 11) is 4.84. The maximum Gasteiger partial charge on any atom is 0.233 e. The molecule has 5 nitrogen and oxygen atoms in total. The first-order valence-corrected chi connectivity index (χ1v) is 5.33. The van der Waals surface area contributed by atoms with Crippen LogP contribution < -0.4 is 20.1 Å². The zero-order valence-electron chi connectivity index (χ0n) is 10.4. The number of nitrogens with one attached hydrogen (secondary N) is 2. The first kappa shape index (κ1) is 13.3. The van der Waals surface area contributed by atoms with Crippen molar-refractivity contribution in [3.05, 3.63) is 23.8 Å². The van der Waals surface area contributed by atoms with Crippen molar-refractivity contribution in [2.45, 2.75) is 6.54 Å². The molecule has 0 atom stereocenters. The Kier molecular flexibility index (Phi) is 5.29. The van der Waals surface area contributed by atoms with Gasteiger partial charge < -0.3 is 20.1 Å². The second-order valence-corrected chi connectivity index (χ2v) is 3.45. The van der Waals surface area contributed by atoms with Crippen molar-refractivity contribution in [2.24, 2.45) is 0 Å². The van der Waals surface area contributed by atoms with Crippen LogP contribution in [0.25, 0.3) is 0 Å². The Morgan fingerprint density at radius 2 is 2.06 bits per heavy atom. The van der Waals surface area contributed by atoms with Crippen LogP contribution in [0.1, 0.15) is 5.56 Å². The minimum atomic E-state index is -0.0492. The highest BCUT2D eigenvalue weighted by atomic mass is 16.5. The molecule has 0 aliphatic rings. The fourth-order valence-electron chi connectivity index (χ4n) is 1.42. The van der Waals surface area contributed by atoms with Gasteiger partial charge in [0.2, 0.25) is 5.91 Å². The molecule has 0 bridgehead atoms. The summed E-state index contributed by atoms with van der Waals surface area (Å²) in [4.78, 5) is 11.1. The van der Waals surface area contributed by atoms with E-state index in [0.29, 0.717) is 6.54 Å². The summed E-state index contributed by atoms with van der Waals surface area (Å²) >= 11 is 0. The van der Waals surface area contributed by atoms with Crippen LogP contribution in [-0.2, 0) is 11.3 Å². The number of amides is 1. The third kappa shape index (κ3) is 3.96. The first-order valence-electron chi connectivity index (χ1n) is 5.33. The van der Waals surface area contributed by atoms with E-state index < -0.39 is 0 Å². The molecule has 1 aromatic carbocycles. The van der Waals surface area contributed by atoms with E-state index in [1.165, 1.54) is 0 Å². The van der Waals surface area contributed by atoms with E-state index in [1.54, 1.807) is 21.3 Å². The summed E-state index contributed by atoms with van der Waals surface area (Å²) in [6, 6.07) is 5.56. The topological polar surface area (TPSA) is 59.6 Å². The van der Waals surface area contributed by atoms with Gasteiger partial charge in [0.1, 0.15) is 11.5 Å². The molecule has 0 aliphatic carbocycles. The van der Waals surface area contributed by atoms with Crippen LogP contribution in [0.4, 0.5) is 0 Å². The largest absolute Gasteiger partial charge is 0.497 e. The molecule has 0 saturated heterocycles. The van der Waals surface area contributed by atoms with Crippen LogP contribution in [0, 0.1) is 0 Å². The molecule has 94 valence electrons. The van der Waals surface area contributed by atoms with Crippen molar-refractivity contribution in [1.29, 1.82) is 0 Å².